The molecule has 0 saturated heterocycles. The van der Waals surface area contributed by atoms with Crippen molar-refractivity contribution in [2.75, 3.05) is 11.1 Å². The van der Waals surface area contributed by atoms with Gasteiger partial charge in [0, 0.05) is 15.1 Å². The first-order valence-corrected chi connectivity index (χ1v) is 7.10. The van der Waals surface area contributed by atoms with Crippen molar-refractivity contribution in [1.82, 2.24) is 9.97 Å². The molecule has 2 aromatic rings. The molecule has 0 aliphatic carbocycles. The van der Waals surface area contributed by atoms with Gasteiger partial charge in [-0.25, -0.2) is 9.97 Å². The van der Waals surface area contributed by atoms with E-state index in [2.05, 4.69) is 38.1 Å². The van der Waals surface area contributed by atoms with Crippen LogP contribution in [0, 0.1) is 0 Å². The molecule has 4 nitrogen and oxygen atoms in total. The molecule has 1 heterocycles. The van der Waals surface area contributed by atoms with E-state index in [1.54, 1.807) is 0 Å². The van der Waals surface area contributed by atoms with Gasteiger partial charge < -0.3 is 11.1 Å². The maximum Gasteiger partial charge on any atom is 0.139 e. The van der Waals surface area contributed by atoms with Crippen LogP contribution < -0.4 is 11.1 Å². The third kappa shape index (κ3) is 3.36. The van der Waals surface area contributed by atoms with Gasteiger partial charge in [-0.3, -0.25) is 0 Å². The standard InChI is InChI=1S/C13H14BrClN4/c1-2-3-9-12(16)17-7-18-13(9)19-11-6-8(15)4-5-10(11)14/h4-7H,2-3H2,1H3,(H3,16,17,18,19). The maximum atomic E-state index is 6.00. The fourth-order valence-electron chi connectivity index (χ4n) is 1.75. The Kier molecular flexibility index (Phi) is 4.61. The highest BCUT2D eigenvalue weighted by Gasteiger charge is 2.10. The lowest BCUT2D eigenvalue weighted by atomic mass is 10.1. The van der Waals surface area contributed by atoms with Crippen LogP contribution in [-0.2, 0) is 6.42 Å². The Hall–Kier alpha value is -1.33. The van der Waals surface area contributed by atoms with E-state index in [-0.39, 0.29) is 0 Å². The summed E-state index contributed by atoms with van der Waals surface area (Å²) in [6.07, 6.45) is 3.26. The molecule has 0 atom stereocenters. The number of rotatable bonds is 4. The second kappa shape index (κ2) is 6.21. The highest BCUT2D eigenvalue weighted by atomic mass is 79.9. The predicted octanol–water partition coefficient (Wildman–Crippen LogP) is 4.17. The number of nitrogens with two attached hydrogens (primary N) is 1. The lowest BCUT2D eigenvalue weighted by Gasteiger charge is -2.13. The van der Waals surface area contributed by atoms with Crippen molar-refractivity contribution >= 4 is 44.9 Å². The third-order valence-corrected chi connectivity index (χ3v) is 3.59. The summed E-state index contributed by atoms with van der Waals surface area (Å²) in [5.41, 5.74) is 7.68. The summed E-state index contributed by atoms with van der Waals surface area (Å²) in [5.74, 6) is 1.23. The van der Waals surface area contributed by atoms with Crippen LogP contribution in [0.2, 0.25) is 5.02 Å². The van der Waals surface area contributed by atoms with Crippen molar-refractivity contribution in [2.45, 2.75) is 19.8 Å². The molecule has 19 heavy (non-hydrogen) atoms. The Morgan fingerprint density at radius 1 is 1.37 bits per heavy atom. The van der Waals surface area contributed by atoms with Gasteiger partial charge in [0.2, 0.25) is 0 Å². The van der Waals surface area contributed by atoms with Crippen LogP contribution in [0.4, 0.5) is 17.3 Å². The lowest BCUT2D eigenvalue weighted by molar-refractivity contribution is 0.908. The molecule has 1 aromatic heterocycles. The Labute approximate surface area is 125 Å². The molecule has 0 fully saturated rings. The number of hydrogen-bond acceptors (Lipinski definition) is 4. The van der Waals surface area contributed by atoms with E-state index in [0.717, 1.165) is 34.4 Å². The summed E-state index contributed by atoms with van der Waals surface area (Å²) in [6.45, 7) is 2.09. The number of nitrogen functional groups attached to an aromatic ring is 1. The summed E-state index contributed by atoms with van der Waals surface area (Å²) >= 11 is 9.47. The molecule has 0 unspecified atom stereocenters. The zero-order valence-electron chi connectivity index (χ0n) is 10.5. The van der Waals surface area contributed by atoms with Gasteiger partial charge in [0.1, 0.15) is 18.0 Å². The molecule has 2 rings (SSSR count). The third-order valence-electron chi connectivity index (χ3n) is 2.66. The molecule has 100 valence electrons. The van der Waals surface area contributed by atoms with Gasteiger partial charge in [-0.05, 0) is 40.5 Å². The second-order valence-electron chi connectivity index (χ2n) is 4.09. The van der Waals surface area contributed by atoms with Crippen LogP contribution in [0.3, 0.4) is 0 Å². The topological polar surface area (TPSA) is 63.8 Å². The largest absolute Gasteiger partial charge is 0.383 e. The first-order chi connectivity index (χ1) is 9.11. The van der Waals surface area contributed by atoms with Crippen LogP contribution in [-0.4, -0.2) is 9.97 Å². The van der Waals surface area contributed by atoms with Crippen molar-refractivity contribution in [3.8, 4) is 0 Å². The SMILES string of the molecule is CCCc1c(N)ncnc1Nc1cc(Cl)ccc1Br. The van der Waals surface area contributed by atoms with Gasteiger partial charge in [-0.1, -0.05) is 24.9 Å². The molecule has 0 aliphatic heterocycles. The zero-order valence-corrected chi connectivity index (χ0v) is 12.8. The number of aromatic nitrogens is 2. The predicted molar refractivity (Wildman–Crippen MR) is 82.9 cm³/mol. The Morgan fingerprint density at radius 3 is 2.89 bits per heavy atom. The maximum absolute atomic E-state index is 6.00. The quantitative estimate of drug-likeness (QED) is 0.876. The molecule has 0 amide bonds. The molecule has 0 aliphatic rings. The Morgan fingerprint density at radius 2 is 2.16 bits per heavy atom. The zero-order chi connectivity index (χ0) is 13.8. The average Bonchev–Trinajstić information content (AvgIpc) is 2.38. The van der Waals surface area contributed by atoms with Crippen LogP contribution in [0.1, 0.15) is 18.9 Å². The smallest absolute Gasteiger partial charge is 0.139 e. The summed E-state index contributed by atoms with van der Waals surface area (Å²) in [6, 6.07) is 5.53. The molecule has 3 N–H and O–H groups in total. The van der Waals surface area contributed by atoms with Crippen LogP contribution in [0.5, 0.6) is 0 Å². The van der Waals surface area contributed by atoms with E-state index in [0.29, 0.717) is 10.8 Å². The minimum Gasteiger partial charge on any atom is -0.383 e. The summed E-state index contributed by atoms with van der Waals surface area (Å²) in [4.78, 5) is 8.29. The van der Waals surface area contributed by atoms with E-state index in [9.17, 15) is 0 Å². The summed E-state index contributed by atoms with van der Waals surface area (Å²) in [5, 5.41) is 3.90. The van der Waals surface area contributed by atoms with E-state index >= 15 is 0 Å². The highest BCUT2D eigenvalue weighted by molar-refractivity contribution is 9.10. The Balaban J connectivity index is 2.37. The summed E-state index contributed by atoms with van der Waals surface area (Å²) in [7, 11) is 0. The van der Waals surface area contributed by atoms with E-state index in [4.69, 9.17) is 17.3 Å². The van der Waals surface area contributed by atoms with Gasteiger partial charge in [0.25, 0.3) is 0 Å². The van der Waals surface area contributed by atoms with Crippen molar-refractivity contribution in [3.63, 3.8) is 0 Å². The number of benzene rings is 1. The molecular weight excluding hydrogens is 328 g/mol. The fourth-order valence-corrected chi connectivity index (χ4v) is 2.27. The van der Waals surface area contributed by atoms with Gasteiger partial charge >= 0.3 is 0 Å². The van der Waals surface area contributed by atoms with Gasteiger partial charge in [-0.2, -0.15) is 0 Å². The van der Waals surface area contributed by atoms with Crippen LogP contribution in [0.15, 0.2) is 29.0 Å². The van der Waals surface area contributed by atoms with E-state index in [1.165, 1.54) is 6.33 Å². The normalized spacial score (nSPS) is 10.5. The number of anilines is 3. The lowest BCUT2D eigenvalue weighted by Crippen LogP contribution is -2.05. The minimum atomic E-state index is 0.512. The number of hydrogen-bond donors (Lipinski definition) is 2. The first kappa shape index (κ1) is 14.1. The molecular formula is C13H14BrClN4. The minimum absolute atomic E-state index is 0.512. The molecule has 0 radical (unpaired) electrons. The highest BCUT2D eigenvalue weighted by Crippen LogP contribution is 2.30. The molecule has 6 heteroatoms. The second-order valence-corrected chi connectivity index (χ2v) is 5.38. The van der Waals surface area contributed by atoms with Gasteiger partial charge in [0.05, 0.1) is 5.69 Å². The van der Waals surface area contributed by atoms with Crippen LogP contribution in [0.25, 0.3) is 0 Å². The van der Waals surface area contributed by atoms with Gasteiger partial charge in [-0.15, -0.1) is 0 Å². The average molecular weight is 342 g/mol. The fraction of sp³-hybridized carbons (Fsp3) is 0.231. The summed E-state index contributed by atoms with van der Waals surface area (Å²) < 4.78 is 0.913. The van der Waals surface area contributed by atoms with Crippen molar-refractivity contribution < 1.29 is 0 Å². The van der Waals surface area contributed by atoms with Crippen molar-refractivity contribution in [1.29, 1.82) is 0 Å². The van der Waals surface area contributed by atoms with Crippen LogP contribution >= 0.6 is 27.5 Å². The van der Waals surface area contributed by atoms with E-state index in [1.807, 2.05) is 18.2 Å². The number of nitrogens with zero attached hydrogens (tertiary/aromatic N) is 2. The van der Waals surface area contributed by atoms with Crippen molar-refractivity contribution in [2.24, 2.45) is 0 Å². The Bertz CT molecular complexity index is 589. The van der Waals surface area contributed by atoms with Crippen molar-refractivity contribution in [3.05, 3.63) is 39.6 Å². The monoisotopic (exact) mass is 340 g/mol. The van der Waals surface area contributed by atoms with E-state index < -0.39 is 0 Å². The number of halogens is 2. The molecule has 0 spiro atoms. The molecule has 1 aromatic carbocycles. The first-order valence-electron chi connectivity index (χ1n) is 5.93. The number of nitrogens with one attached hydrogen (secondary N) is 1. The molecule has 0 bridgehead atoms. The van der Waals surface area contributed by atoms with Gasteiger partial charge in [0.15, 0.2) is 0 Å². The molecule has 0 saturated carbocycles.